The number of anilines is 1. The number of hydrogen-bond acceptors (Lipinski definition) is 5. The molecule has 0 atom stereocenters. The average Bonchev–Trinajstić information content (AvgIpc) is 2.89. The minimum absolute atomic E-state index is 0.299. The van der Waals surface area contributed by atoms with E-state index in [1.807, 2.05) is 22.9 Å². The van der Waals surface area contributed by atoms with Crippen LogP contribution in [-0.2, 0) is 0 Å². The predicted octanol–water partition coefficient (Wildman–Crippen LogP) is 2.29. The van der Waals surface area contributed by atoms with Crippen molar-refractivity contribution in [3.05, 3.63) is 18.2 Å². The van der Waals surface area contributed by atoms with Gasteiger partial charge in [0.05, 0.1) is 18.8 Å². The summed E-state index contributed by atoms with van der Waals surface area (Å²) in [5.41, 5.74) is 7.41. The smallest absolute Gasteiger partial charge is 0.182 e. The highest BCUT2D eigenvalue weighted by Gasteiger charge is 2.16. The Morgan fingerprint density at radius 3 is 2.63 bits per heavy atom. The Morgan fingerprint density at radius 2 is 2.05 bits per heavy atom. The quantitative estimate of drug-likeness (QED) is 0.835. The lowest BCUT2D eigenvalue weighted by atomic mass is 10.1. The fraction of sp³-hybridized carbons (Fsp3) is 0.462. The average molecular weight is 261 g/mol. The van der Waals surface area contributed by atoms with Crippen LogP contribution in [0.25, 0.3) is 11.4 Å². The van der Waals surface area contributed by atoms with E-state index < -0.39 is 0 Å². The molecule has 0 saturated heterocycles. The van der Waals surface area contributed by atoms with Crippen molar-refractivity contribution in [1.82, 2.24) is 20.2 Å². The highest BCUT2D eigenvalue weighted by molar-refractivity contribution is 5.66. The number of hydrogen-bond donors (Lipinski definition) is 1. The van der Waals surface area contributed by atoms with Gasteiger partial charge in [-0.05, 0) is 41.5 Å². The number of nitrogens with two attached hydrogens (primary N) is 1. The molecule has 0 aliphatic carbocycles. The summed E-state index contributed by atoms with van der Waals surface area (Å²) >= 11 is 0. The number of nitrogens with zero attached hydrogens (tertiary/aromatic N) is 4. The van der Waals surface area contributed by atoms with Gasteiger partial charge in [-0.3, -0.25) is 0 Å². The van der Waals surface area contributed by atoms with Gasteiger partial charge in [0, 0.05) is 5.56 Å². The number of aromatic nitrogens is 4. The van der Waals surface area contributed by atoms with E-state index in [1.54, 1.807) is 7.11 Å². The third kappa shape index (κ3) is 2.52. The molecular weight excluding hydrogens is 242 g/mol. The second-order valence-corrected chi connectivity index (χ2v) is 4.37. The molecule has 6 heteroatoms. The summed E-state index contributed by atoms with van der Waals surface area (Å²) in [4.78, 5) is 0. The summed E-state index contributed by atoms with van der Waals surface area (Å²) in [5, 5.41) is 12.0. The largest absolute Gasteiger partial charge is 0.495 e. The molecule has 0 radical (unpaired) electrons. The Bertz CT molecular complexity index is 548. The lowest BCUT2D eigenvalue weighted by Gasteiger charge is -2.14. The summed E-state index contributed by atoms with van der Waals surface area (Å²) in [5.74, 6) is 1.40. The highest BCUT2D eigenvalue weighted by Crippen LogP contribution is 2.28. The van der Waals surface area contributed by atoms with Gasteiger partial charge in [-0.25, -0.2) is 4.68 Å². The van der Waals surface area contributed by atoms with E-state index in [-0.39, 0.29) is 0 Å². The number of nitrogen functional groups attached to an aromatic ring is 1. The van der Waals surface area contributed by atoms with Crippen LogP contribution in [0.5, 0.6) is 5.75 Å². The standard InChI is InChI=1S/C13H19N5O/c1-4-10(5-2)18-13(15-16-17-18)9-6-7-12(19-3)11(14)8-9/h6-8,10H,4-5,14H2,1-3H3. The molecular formula is C13H19N5O. The Labute approximate surface area is 112 Å². The van der Waals surface area contributed by atoms with Crippen LogP contribution < -0.4 is 10.5 Å². The van der Waals surface area contributed by atoms with Gasteiger partial charge in [0.1, 0.15) is 5.75 Å². The van der Waals surface area contributed by atoms with Gasteiger partial charge >= 0.3 is 0 Å². The lowest BCUT2D eigenvalue weighted by Crippen LogP contribution is -2.10. The van der Waals surface area contributed by atoms with Crippen LogP contribution in [0, 0.1) is 0 Å². The molecule has 0 amide bonds. The van der Waals surface area contributed by atoms with Crippen molar-refractivity contribution in [3.8, 4) is 17.1 Å². The summed E-state index contributed by atoms with van der Waals surface area (Å²) in [7, 11) is 1.60. The van der Waals surface area contributed by atoms with Gasteiger partial charge < -0.3 is 10.5 Å². The van der Waals surface area contributed by atoms with Crippen LogP contribution in [0.15, 0.2) is 18.2 Å². The van der Waals surface area contributed by atoms with E-state index in [4.69, 9.17) is 10.5 Å². The molecule has 0 bridgehead atoms. The van der Waals surface area contributed by atoms with Crippen LogP contribution in [0.1, 0.15) is 32.7 Å². The van der Waals surface area contributed by atoms with Gasteiger partial charge in [0.25, 0.3) is 0 Å². The molecule has 0 aliphatic rings. The zero-order valence-electron chi connectivity index (χ0n) is 11.5. The van der Waals surface area contributed by atoms with Crippen LogP contribution in [0.4, 0.5) is 5.69 Å². The Morgan fingerprint density at radius 1 is 1.32 bits per heavy atom. The molecule has 2 N–H and O–H groups in total. The highest BCUT2D eigenvalue weighted by atomic mass is 16.5. The first kappa shape index (κ1) is 13.3. The van der Waals surface area contributed by atoms with Gasteiger partial charge in [-0.15, -0.1) is 5.10 Å². The second-order valence-electron chi connectivity index (χ2n) is 4.37. The van der Waals surface area contributed by atoms with Gasteiger partial charge in [0.2, 0.25) is 0 Å². The lowest BCUT2D eigenvalue weighted by molar-refractivity contribution is 0.416. The molecule has 1 aromatic heterocycles. The molecule has 102 valence electrons. The molecule has 19 heavy (non-hydrogen) atoms. The number of tetrazole rings is 1. The first-order valence-corrected chi connectivity index (χ1v) is 6.43. The number of methoxy groups -OCH3 is 1. The molecule has 6 nitrogen and oxygen atoms in total. The van der Waals surface area contributed by atoms with Crippen LogP contribution in [-0.4, -0.2) is 27.3 Å². The first-order valence-electron chi connectivity index (χ1n) is 6.43. The summed E-state index contributed by atoms with van der Waals surface area (Å²) in [6.45, 7) is 4.25. The van der Waals surface area contributed by atoms with E-state index in [1.165, 1.54) is 0 Å². The number of ether oxygens (including phenoxy) is 1. The maximum Gasteiger partial charge on any atom is 0.182 e. The normalized spacial score (nSPS) is 10.9. The first-order chi connectivity index (χ1) is 9.21. The Kier molecular flexibility index (Phi) is 3.99. The minimum Gasteiger partial charge on any atom is -0.495 e. The topological polar surface area (TPSA) is 78.8 Å². The molecule has 0 fully saturated rings. The minimum atomic E-state index is 0.299. The molecule has 1 heterocycles. The van der Waals surface area contributed by atoms with Crippen molar-refractivity contribution in [2.24, 2.45) is 0 Å². The van der Waals surface area contributed by atoms with Gasteiger partial charge in [-0.1, -0.05) is 13.8 Å². The van der Waals surface area contributed by atoms with Crippen molar-refractivity contribution in [2.45, 2.75) is 32.7 Å². The summed E-state index contributed by atoms with van der Waals surface area (Å²) in [6, 6.07) is 5.88. The Balaban J connectivity index is 2.42. The van der Waals surface area contributed by atoms with Crippen molar-refractivity contribution in [2.75, 3.05) is 12.8 Å². The number of benzene rings is 1. The van der Waals surface area contributed by atoms with Crippen molar-refractivity contribution in [3.63, 3.8) is 0 Å². The van der Waals surface area contributed by atoms with Crippen LogP contribution in [0.3, 0.4) is 0 Å². The van der Waals surface area contributed by atoms with Crippen molar-refractivity contribution in [1.29, 1.82) is 0 Å². The molecule has 2 rings (SSSR count). The third-order valence-electron chi connectivity index (χ3n) is 3.27. The summed E-state index contributed by atoms with van der Waals surface area (Å²) < 4.78 is 7.02. The van der Waals surface area contributed by atoms with Gasteiger partial charge in [0.15, 0.2) is 5.82 Å². The molecule has 0 unspecified atom stereocenters. The second kappa shape index (κ2) is 5.69. The van der Waals surface area contributed by atoms with Crippen molar-refractivity contribution >= 4 is 5.69 Å². The maximum absolute atomic E-state index is 5.93. The molecule has 2 aromatic rings. The van der Waals surface area contributed by atoms with E-state index in [0.717, 1.165) is 24.2 Å². The van der Waals surface area contributed by atoms with E-state index in [0.29, 0.717) is 17.5 Å². The zero-order valence-corrected chi connectivity index (χ0v) is 11.5. The van der Waals surface area contributed by atoms with Crippen molar-refractivity contribution < 1.29 is 4.74 Å². The zero-order chi connectivity index (χ0) is 13.8. The monoisotopic (exact) mass is 261 g/mol. The van der Waals surface area contributed by atoms with Gasteiger partial charge in [-0.2, -0.15) is 0 Å². The third-order valence-corrected chi connectivity index (χ3v) is 3.27. The fourth-order valence-corrected chi connectivity index (χ4v) is 2.14. The number of rotatable bonds is 5. The van der Waals surface area contributed by atoms with E-state index in [2.05, 4.69) is 29.4 Å². The summed E-state index contributed by atoms with van der Waals surface area (Å²) in [6.07, 6.45) is 1.97. The van der Waals surface area contributed by atoms with E-state index >= 15 is 0 Å². The van der Waals surface area contributed by atoms with E-state index in [9.17, 15) is 0 Å². The molecule has 0 aliphatic heterocycles. The molecule has 0 spiro atoms. The predicted molar refractivity (Wildman–Crippen MR) is 73.8 cm³/mol. The molecule has 0 saturated carbocycles. The fourth-order valence-electron chi connectivity index (χ4n) is 2.14. The van der Waals surface area contributed by atoms with Crippen LogP contribution in [0.2, 0.25) is 0 Å². The Hall–Kier alpha value is -2.11. The molecule has 1 aromatic carbocycles. The maximum atomic E-state index is 5.93. The SMILES string of the molecule is CCC(CC)n1nnnc1-c1ccc(OC)c(N)c1. The van der Waals surface area contributed by atoms with Crippen LogP contribution >= 0.6 is 0 Å².